The quantitative estimate of drug-likeness (QED) is 0.748. The molecule has 0 spiro atoms. The first-order chi connectivity index (χ1) is 9.01. The Morgan fingerprint density at radius 3 is 2.79 bits per heavy atom. The van der Waals surface area contributed by atoms with E-state index in [0.717, 1.165) is 23.0 Å². The highest BCUT2D eigenvalue weighted by molar-refractivity contribution is 14.1. The van der Waals surface area contributed by atoms with Gasteiger partial charge in [-0.15, -0.1) is 0 Å². The van der Waals surface area contributed by atoms with Crippen molar-refractivity contribution in [2.75, 3.05) is 0 Å². The third kappa shape index (κ3) is 3.58. The Balaban J connectivity index is 2.22. The zero-order valence-corrected chi connectivity index (χ0v) is 14.8. The monoisotopic (exact) mass is 433 g/mol. The summed E-state index contributed by atoms with van der Waals surface area (Å²) in [5.41, 5.74) is 9.82. The number of benzene rings is 1. The van der Waals surface area contributed by atoms with Crippen LogP contribution in [0.1, 0.15) is 29.9 Å². The molecule has 1 aromatic heterocycles. The van der Waals surface area contributed by atoms with Gasteiger partial charge in [0.1, 0.15) is 0 Å². The molecule has 2 aromatic rings. The molecule has 1 atom stereocenters. The molecule has 1 unspecified atom stereocenters. The molecule has 2 rings (SSSR count). The summed E-state index contributed by atoms with van der Waals surface area (Å²) in [7, 11) is 1.98. The number of nitrogens with two attached hydrogens (primary N) is 1. The fraction of sp³-hybridized carbons (Fsp3) is 0.357. The zero-order chi connectivity index (χ0) is 14.0. The van der Waals surface area contributed by atoms with Crippen LogP contribution in [-0.2, 0) is 19.9 Å². The molecular weight excluding hydrogens is 417 g/mol. The second kappa shape index (κ2) is 6.37. The molecule has 0 saturated heterocycles. The number of aryl methyl sites for hydroxylation is 2. The lowest BCUT2D eigenvalue weighted by molar-refractivity contribution is 0.636. The van der Waals surface area contributed by atoms with Gasteiger partial charge < -0.3 is 5.73 Å². The zero-order valence-electron chi connectivity index (χ0n) is 11.0. The second-order valence-corrected chi connectivity index (χ2v) is 6.66. The average Bonchev–Trinajstić information content (AvgIpc) is 2.73. The summed E-state index contributed by atoms with van der Waals surface area (Å²) >= 11 is 5.84. The van der Waals surface area contributed by atoms with Crippen LogP contribution in [0.3, 0.4) is 0 Å². The molecule has 102 valence electrons. The normalized spacial score (nSPS) is 12.7. The Morgan fingerprint density at radius 2 is 2.16 bits per heavy atom. The van der Waals surface area contributed by atoms with Crippen LogP contribution in [0.2, 0.25) is 0 Å². The molecule has 2 N–H and O–H groups in total. The van der Waals surface area contributed by atoms with Crippen molar-refractivity contribution in [3.8, 4) is 0 Å². The molecule has 0 bridgehead atoms. The van der Waals surface area contributed by atoms with Gasteiger partial charge in [-0.2, -0.15) is 5.10 Å². The van der Waals surface area contributed by atoms with E-state index < -0.39 is 0 Å². The van der Waals surface area contributed by atoms with Gasteiger partial charge in [-0.05, 0) is 58.8 Å². The molecule has 1 heterocycles. The lowest BCUT2D eigenvalue weighted by Gasteiger charge is -2.14. The van der Waals surface area contributed by atoms with E-state index >= 15 is 0 Å². The summed E-state index contributed by atoms with van der Waals surface area (Å²) < 4.78 is 4.20. The predicted octanol–water partition coefficient (Wildman–Crippen LogP) is 3.59. The minimum atomic E-state index is -0.00972. The van der Waals surface area contributed by atoms with Gasteiger partial charge in [0.05, 0.1) is 5.69 Å². The predicted molar refractivity (Wildman–Crippen MR) is 90.1 cm³/mol. The fourth-order valence-electron chi connectivity index (χ4n) is 2.07. The van der Waals surface area contributed by atoms with Crippen molar-refractivity contribution >= 4 is 38.5 Å². The molecule has 0 aliphatic heterocycles. The average molecular weight is 434 g/mol. The van der Waals surface area contributed by atoms with Crippen molar-refractivity contribution in [3.63, 3.8) is 0 Å². The van der Waals surface area contributed by atoms with Gasteiger partial charge in [-0.3, -0.25) is 4.68 Å². The van der Waals surface area contributed by atoms with E-state index in [4.69, 9.17) is 5.73 Å². The number of hydrogen-bond donors (Lipinski definition) is 1. The number of hydrogen-bond acceptors (Lipinski definition) is 2. The Kier molecular flexibility index (Phi) is 5.03. The van der Waals surface area contributed by atoms with Crippen molar-refractivity contribution in [2.45, 2.75) is 25.8 Å². The Hall–Kier alpha value is -0.400. The van der Waals surface area contributed by atoms with Gasteiger partial charge in [0, 0.05) is 33.2 Å². The Bertz CT molecular complexity index is 580. The van der Waals surface area contributed by atoms with E-state index in [1.165, 1.54) is 14.8 Å². The molecule has 1 aromatic carbocycles. The number of rotatable bonds is 4. The molecule has 0 radical (unpaired) electrons. The first-order valence-electron chi connectivity index (χ1n) is 6.23. The van der Waals surface area contributed by atoms with E-state index in [1.54, 1.807) is 0 Å². The third-order valence-electron chi connectivity index (χ3n) is 3.18. The maximum atomic E-state index is 6.35. The summed E-state index contributed by atoms with van der Waals surface area (Å²) in [4.78, 5) is 0. The lowest BCUT2D eigenvalue weighted by atomic mass is 10.0. The number of nitrogens with zero attached hydrogens (tertiary/aromatic N) is 2. The molecule has 5 heteroatoms. The van der Waals surface area contributed by atoms with E-state index in [2.05, 4.69) is 68.7 Å². The van der Waals surface area contributed by atoms with Gasteiger partial charge in [0.2, 0.25) is 0 Å². The highest BCUT2D eigenvalue weighted by Gasteiger charge is 2.14. The molecule has 0 amide bonds. The van der Waals surface area contributed by atoms with Gasteiger partial charge >= 0.3 is 0 Å². The Morgan fingerprint density at radius 1 is 1.42 bits per heavy atom. The van der Waals surface area contributed by atoms with Crippen LogP contribution in [0.25, 0.3) is 0 Å². The first-order valence-corrected chi connectivity index (χ1v) is 8.10. The molecule has 0 saturated carbocycles. The molecule has 19 heavy (non-hydrogen) atoms. The van der Waals surface area contributed by atoms with Gasteiger partial charge in [0.15, 0.2) is 0 Å². The summed E-state index contributed by atoms with van der Waals surface area (Å²) in [6, 6.07) is 8.36. The van der Waals surface area contributed by atoms with Crippen LogP contribution in [0, 0.1) is 3.57 Å². The van der Waals surface area contributed by atoms with Crippen LogP contribution in [0.5, 0.6) is 0 Å². The highest BCUT2D eigenvalue weighted by atomic mass is 127. The minimum absolute atomic E-state index is 0.00972. The molecule has 0 fully saturated rings. The summed E-state index contributed by atoms with van der Waals surface area (Å²) in [5, 5.41) is 4.47. The van der Waals surface area contributed by atoms with Crippen LogP contribution < -0.4 is 5.73 Å². The summed E-state index contributed by atoms with van der Waals surface area (Å²) in [5.74, 6) is 0. The maximum Gasteiger partial charge on any atom is 0.0624 e. The van der Waals surface area contributed by atoms with E-state index in [0.29, 0.717) is 0 Å². The van der Waals surface area contributed by atoms with Crippen molar-refractivity contribution in [1.29, 1.82) is 0 Å². The molecule has 0 aliphatic carbocycles. The van der Waals surface area contributed by atoms with Crippen LogP contribution >= 0.6 is 38.5 Å². The molecule has 0 aliphatic rings. The van der Waals surface area contributed by atoms with Gasteiger partial charge in [-0.25, -0.2) is 0 Å². The topological polar surface area (TPSA) is 43.8 Å². The second-order valence-electron chi connectivity index (χ2n) is 4.58. The Labute approximate surface area is 135 Å². The van der Waals surface area contributed by atoms with Gasteiger partial charge in [0.25, 0.3) is 0 Å². The van der Waals surface area contributed by atoms with Crippen molar-refractivity contribution in [2.24, 2.45) is 12.8 Å². The third-order valence-corrected chi connectivity index (χ3v) is 4.65. The standard InChI is InChI=1S/C14H17BrIN3/c1-3-10-7-11(19(2)18-10)8-14(17)12-6-9(15)4-5-13(12)16/h4-7,14H,3,8,17H2,1-2H3. The smallest absolute Gasteiger partial charge is 0.0624 e. The molecule has 3 nitrogen and oxygen atoms in total. The van der Waals surface area contributed by atoms with E-state index in [9.17, 15) is 0 Å². The lowest BCUT2D eigenvalue weighted by Crippen LogP contribution is -2.16. The van der Waals surface area contributed by atoms with E-state index in [-0.39, 0.29) is 6.04 Å². The van der Waals surface area contributed by atoms with E-state index in [1.807, 2.05) is 17.8 Å². The highest BCUT2D eigenvalue weighted by Crippen LogP contribution is 2.25. The maximum absolute atomic E-state index is 6.35. The molecular formula is C14H17BrIN3. The van der Waals surface area contributed by atoms with Crippen molar-refractivity contribution < 1.29 is 0 Å². The van der Waals surface area contributed by atoms with Crippen LogP contribution in [0.15, 0.2) is 28.7 Å². The fourth-order valence-corrected chi connectivity index (χ4v) is 3.18. The van der Waals surface area contributed by atoms with Crippen LogP contribution in [-0.4, -0.2) is 9.78 Å². The van der Waals surface area contributed by atoms with Crippen molar-refractivity contribution in [3.05, 3.63) is 49.3 Å². The summed E-state index contributed by atoms with van der Waals surface area (Å²) in [6.45, 7) is 2.11. The van der Waals surface area contributed by atoms with Crippen LogP contribution in [0.4, 0.5) is 0 Å². The van der Waals surface area contributed by atoms with Crippen molar-refractivity contribution in [1.82, 2.24) is 9.78 Å². The number of aromatic nitrogens is 2. The van der Waals surface area contributed by atoms with Gasteiger partial charge in [-0.1, -0.05) is 22.9 Å². The summed E-state index contributed by atoms with van der Waals surface area (Å²) in [6.07, 6.45) is 1.76. The first kappa shape index (κ1) is 15.0. The largest absolute Gasteiger partial charge is 0.324 e. The minimum Gasteiger partial charge on any atom is -0.324 e. The SMILES string of the molecule is CCc1cc(CC(N)c2cc(Br)ccc2I)n(C)n1. The number of halogens is 2.